The second-order valence-electron chi connectivity index (χ2n) is 7.71. The van der Waals surface area contributed by atoms with Crippen molar-refractivity contribution in [2.24, 2.45) is 5.92 Å². The summed E-state index contributed by atoms with van der Waals surface area (Å²) in [4.78, 5) is 39.3. The van der Waals surface area contributed by atoms with Crippen LogP contribution < -0.4 is 10.9 Å². The van der Waals surface area contributed by atoms with Gasteiger partial charge in [-0.2, -0.15) is 0 Å². The van der Waals surface area contributed by atoms with E-state index in [0.29, 0.717) is 24.3 Å². The number of nitrogens with zero attached hydrogens (tertiary/aromatic N) is 2. The van der Waals surface area contributed by atoms with Gasteiger partial charge in [-0.15, -0.1) is 0 Å². The van der Waals surface area contributed by atoms with E-state index < -0.39 is 11.8 Å². The number of amides is 3. The number of aryl methyl sites for hydroxylation is 1. The van der Waals surface area contributed by atoms with Crippen molar-refractivity contribution in [2.75, 3.05) is 6.54 Å². The van der Waals surface area contributed by atoms with Crippen LogP contribution in [-0.2, 0) is 16.1 Å². The molecule has 2 N–H and O–H groups in total. The van der Waals surface area contributed by atoms with Gasteiger partial charge in [0.15, 0.2) is 0 Å². The number of para-hydroxylation sites is 1. The number of likely N-dealkylation sites (tertiary alicyclic amines) is 1. The molecule has 1 aliphatic rings. The van der Waals surface area contributed by atoms with Crippen LogP contribution in [0.4, 0.5) is 0 Å². The first-order valence-corrected chi connectivity index (χ1v) is 10.2. The van der Waals surface area contributed by atoms with E-state index >= 15 is 0 Å². The van der Waals surface area contributed by atoms with E-state index in [1.807, 2.05) is 72.4 Å². The van der Waals surface area contributed by atoms with Gasteiger partial charge in [-0.25, -0.2) is 0 Å². The lowest BCUT2D eigenvalue weighted by atomic mass is 10.1. The van der Waals surface area contributed by atoms with Gasteiger partial charge in [-0.05, 0) is 36.8 Å². The fourth-order valence-electron chi connectivity index (χ4n) is 3.69. The van der Waals surface area contributed by atoms with Gasteiger partial charge in [-0.3, -0.25) is 25.2 Å². The molecule has 3 aromatic rings. The molecule has 1 aromatic heterocycles. The van der Waals surface area contributed by atoms with E-state index in [2.05, 4.69) is 10.9 Å². The monoisotopic (exact) mass is 416 g/mol. The maximum absolute atomic E-state index is 12.7. The molecule has 7 heteroatoms. The van der Waals surface area contributed by atoms with Crippen molar-refractivity contribution in [3.63, 3.8) is 0 Å². The Hall–Kier alpha value is -3.87. The Bertz CT molecular complexity index is 1090. The minimum absolute atomic E-state index is 0.0648. The summed E-state index contributed by atoms with van der Waals surface area (Å²) in [5.41, 5.74) is 8.28. The molecule has 31 heavy (non-hydrogen) atoms. The van der Waals surface area contributed by atoms with Crippen molar-refractivity contribution in [1.29, 1.82) is 0 Å². The van der Waals surface area contributed by atoms with Gasteiger partial charge in [-0.1, -0.05) is 42.0 Å². The summed E-state index contributed by atoms with van der Waals surface area (Å²) in [7, 11) is 0. The molecule has 2 heterocycles. The summed E-state index contributed by atoms with van der Waals surface area (Å²) < 4.78 is 1.83. The fraction of sp³-hybridized carbons (Fsp3) is 0.208. The molecule has 0 unspecified atom stereocenters. The van der Waals surface area contributed by atoms with E-state index in [9.17, 15) is 14.4 Å². The van der Waals surface area contributed by atoms with Crippen LogP contribution in [0.25, 0.3) is 5.69 Å². The molecule has 1 fully saturated rings. The molecule has 7 nitrogen and oxygen atoms in total. The summed E-state index contributed by atoms with van der Waals surface area (Å²) in [6.45, 7) is 2.81. The summed E-state index contributed by atoms with van der Waals surface area (Å²) in [6.07, 6.45) is 3.82. The summed E-state index contributed by atoms with van der Waals surface area (Å²) >= 11 is 0. The molecule has 1 atom stereocenters. The first-order chi connectivity index (χ1) is 15.0. The molecule has 2 aromatic carbocycles. The Morgan fingerprint density at radius 2 is 1.68 bits per heavy atom. The average molecular weight is 416 g/mol. The second kappa shape index (κ2) is 8.87. The predicted molar refractivity (Wildman–Crippen MR) is 116 cm³/mol. The van der Waals surface area contributed by atoms with E-state index in [1.54, 1.807) is 17.0 Å². The van der Waals surface area contributed by atoms with Gasteiger partial charge >= 0.3 is 0 Å². The number of benzene rings is 2. The lowest BCUT2D eigenvalue weighted by Gasteiger charge is -2.17. The van der Waals surface area contributed by atoms with Crippen LogP contribution in [-0.4, -0.2) is 33.7 Å². The van der Waals surface area contributed by atoms with Crippen molar-refractivity contribution in [2.45, 2.75) is 19.9 Å². The zero-order valence-corrected chi connectivity index (χ0v) is 17.2. The number of carbonyl (C=O) groups is 3. The van der Waals surface area contributed by atoms with Crippen LogP contribution in [0.15, 0.2) is 73.1 Å². The molecule has 1 saturated heterocycles. The SMILES string of the molecule is Cc1ccc(CN2C[C@@H](C(=O)NNC(=O)c3ccccc3-n3cccc3)CC2=O)cc1. The number of hydrogen-bond acceptors (Lipinski definition) is 3. The molecule has 0 spiro atoms. The fourth-order valence-corrected chi connectivity index (χ4v) is 3.69. The van der Waals surface area contributed by atoms with Gasteiger partial charge in [0.25, 0.3) is 5.91 Å². The Balaban J connectivity index is 1.35. The molecule has 158 valence electrons. The number of rotatable bonds is 5. The summed E-state index contributed by atoms with van der Waals surface area (Å²) in [5, 5.41) is 0. The van der Waals surface area contributed by atoms with Gasteiger partial charge in [0.2, 0.25) is 11.8 Å². The van der Waals surface area contributed by atoms with E-state index in [-0.39, 0.29) is 18.2 Å². The zero-order chi connectivity index (χ0) is 21.8. The molecular weight excluding hydrogens is 392 g/mol. The highest BCUT2D eigenvalue weighted by atomic mass is 16.2. The molecular formula is C24H24N4O3. The highest BCUT2D eigenvalue weighted by Crippen LogP contribution is 2.20. The Kier molecular flexibility index (Phi) is 5.84. The first-order valence-electron chi connectivity index (χ1n) is 10.2. The smallest absolute Gasteiger partial charge is 0.271 e. The predicted octanol–water partition coefficient (Wildman–Crippen LogP) is 2.60. The van der Waals surface area contributed by atoms with Crippen LogP contribution in [0, 0.1) is 12.8 Å². The molecule has 1 aliphatic heterocycles. The standard InChI is InChI=1S/C24H24N4O3/c1-17-8-10-18(11-9-17)15-28-16-19(14-22(28)29)23(30)25-26-24(31)20-6-2-3-7-21(20)27-12-4-5-13-27/h2-13,19H,14-16H2,1H3,(H,25,30)(H,26,31)/t19-/m0/s1. The highest BCUT2D eigenvalue weighted by molar-refractivity contribution is 5.99. The lowest BCUT2D eigenvalue weighted by Crippen LogP contribution is -2.45. The van der Waals surface area contributed by atoms with Gasteiger partial charge < -0.3 is 9.47 Å². The number of aromatic nitrogens is 1. The Morgan fingerprint density at radius 3 is 2.42 bits per heavy atom. The number of hydrogen-bond donors (Lipinski definition) is 2. The largest absolute Gasteiger partial charge is 0.338 e. The van der Waals surface area contributed by atoms with Crippen LogP contribution in [0.1, 0.15) is 27.9 Å². The molecule has 0 saturated carbocycles. The van der Waals surface area contributed by atoms with Crippen molar-refractivity contribution in [3.8, 4) is 5.69 Å². The lowest BCUT2D eigenvalue weighted by molar-refractivity contribution is -0.129. The quantitative estimate of drug-likeness (QED) is 0.627. The maximum atomic E-state index is 12.7. The van der Waals surface area contributed by atoms with Crippen molar-refractivity contribution < 1.29 is 14.4 Å². The minimum Gasteiger partial charge on any atom is -0.338 e. The third-order valence-electron chi connectivity index (χ3n) is 5.41. The Morgan fingerprint density at radius 1 is 0.968 bits per heavy atom. The molecule has 3 amide bonds. The highest BCUT2D eigenvalue weighted by Gasteiger charge is 2.34. The van der Waals surface area contributed by atoms with Crippen LogP contribution in [0.2, 0.25) is 0 Å². The molecule has 0 aliphatic carbocycles. The summed E-state index contributed by atoms with van der Waals surface area (Å²) in [6, 6.07) is 18.8. The third-order valence-corrected chi connectivity index (χ3v) is 5.41. The zero-order valence-electron chi connectivity index (χ0n) is 17.2. The van der Waals surface area contributed by atoms with Gasteiger partial charge in [0.1, 0.15) is 0 Å². The second-order valence-corrected chi connectivity index (χ2v) is 7.71. The molecule has 0 bridgehead atoms. The van der Waals surface area contributed by atoms with E-state index in [4.69, 9.17) is 0 Å². The average Bonchev–Trinajstić information content (AvgIpc) is 3.44. The van der Waals surface area contributed by atoms with E-state index in [0.717, 1.165) is 11.1 Å². The normalized spacial score (nSPS) is 15.7. The molecule has 0 radical (unpaired) electrons. The van der Waals surface area contributed by atoms with Crippen molar-refractivity contribution in [3.05, 3.63) is 89.7 Å². The van der Waals surface area contributed by atoms with Gasteiger partial charge in [0.05, 0.1) is 17.2 Å². The van der Waals surface area contributed by atoms with Crippen molar-refractivity contribution >= 4 is 17.7 Å². The topological polar surface area (TPSA) is 83.4 Å². The van der Waals surface area contributed by atoms with Gasteiger partial charge in [0, 0.05) is 31.9 Å². The van der Waals surface area contributed by atoms with Crippen LogP contribution in [0.5, 0.6) is 0 Å². The Labute approximate surface area is 180 Å². The number of carbonyl (C=O) groups excluding carboxylic acids is 3. The van der Waals surface area contributed by atoms with Crippen LogP contribution >= 0.6 is 0 Å². The summed E-state index contributed by atoms with van der Waals surface area (Å²) in [5.74, 6) is -1.35. The van der Waals surface area contributed by atoms with Crippen molar-refractivity contribution in [1.82, 2.24) is 20.3 Å². The minimum atomic E-state index is -0.502. The number of hydrazine groups is 1. The van der Waals surface area contributed by atoms with Crippen LogP contribution in [0.3, 0.4) is 0 Å². The number of nitrogens with one attached hydrogen (secondary N) is 2. The third kappa shape index (κ3) is 4.66. The first kappa shape index (κ1) is 20.4. The maximum Gasteiger partial charge on any atom is 0.271 e. The molecule has 4 rings (SSSR count). The van der Waals surface area contributed by atoms with E-state index in [1.165, 1.54) is 0 Å².